The van der Waals surface area contributed by atoms with Crippen LogP contribution in [0, 0.1) is 0 Å². The van der Waals surface area contributed by atoms with Crippen molar-refractivity contribution in [2.24, 2.45) is 0 Å². The molecule has 3 nitrogen and oxygen atoms in total. The summed E-state index contributed by atoms with van der Waals surface area (Å²) in [4.78, 5) is 9.91. The van der Waals surface area contributed by atoms with Gasteiger partial charge in [-0.2, -0.15) is 0 Å². The topological polar surface area (TPSA) is 51.2 Å². The van der Waals surface area contributed by atoms with E-state index in [1.54, 1.807) is 13.8 Å². The molecule has 0 radical (unpaired) electrons. The largest absolute Gasteiger partial charge is 0.303 e. The van der Waals surface area contributed by atoms with Crippen molar-refractivity contribution in [3.8, 4) is 0 Å². The molecular formula is C6H12O3S. The number of hydrogen-bond donors (Lipinski definition) is 0. The fourth-order valence-electron chi connectivity index (χ4n) is 0.567. The van der Waals surface area contributed by atoms with Gasteiger partial charge in [-0.15, -0.1) is 0 Å². The van der Waals surface area contributed by atoms with Crippen LogP contribution in [0.25, 0.3) is 0 Å². The molecule has 0 aliphatic carbocycles. The summed E-state index contributed by atoms with van der Waals surface area (Å²) >= 11 is 0. The summed E-state index contributed by atoms with van der Waals surface area (Å²) in [5.41, 5.74) is 0. The van der Waals surface area contributed by atoms with Gasteiger partial charge in [-0.3, -0.25) is 0 Å². The Hall–Kier alpha value is -0.380. The molecule has 0 spiro atoms. The Morgan fingerprint density at radius 3 is 2.30 bits per heavy atom. The Kier molecular flexibility index (Phi) is 3.57. The van der Waals surface area contributed by atoms with Gasteiger partial charge in [0.25, 0.3) is 0 Å². The van der Waals surface area contributed by atoms with Gasteiger partial charge in [0, 0.05) is 12.2 Å². The predicted octanol–water partition coefficient (Wildman–Crippen LogP) is 0.399. The normalized spacial score (nSPS) is 14.6. The van der Waals surface area contributed by atoms with Crippen LogP contribution >= 0.6 is 0 Å². The minimum Gasteiger partial charge on any atom is -0.303 e. The number of aldehydes is 1. The minimum absolute atomic E-state index is 0.107. The van der Waals surface area contributed by atoms with Gasteiger partial charge >= 0.3 is 0 Å². The van der Waals surface area contributed by atoms with Crippen LogP contribution in [0.4, 0.5) is 0 Å². The molecule has 1 atom stereocenters. The van der Waals surface area contributed by atoms with Crippen molar-refractivity contribution in [2.45, 2.75) is 25.5 Å². The summed E-state index contributed by atoms with van der Waals surface area (Å²) in [5, 5.41) is -0.519. The molecule has 0 saturated carbocycles. The lowest BCUT2D eigenvalue weighted by atomic mass is 10.4. The molecule has 0 aromatic carbocycles. The lowest BCUT2D eigenvalue weighted by molar-refractivity contribution is -0.107. The summed E-state index contributed by atoms with van der Waals surface area (Å²) < 4.78 is 21.9. The van der Waals surface area contributed by atoms with Gasteiger partial charge in [0.15, 0.2) is 9.84 Å². The van der Waals surface area contributed by atoms with E-state index in [4.69, 9.17) is 0 Å². The molecule has 4 heteroatoms. The first-order valence-electron chi connectivity index (χ1n) is 3.19. The molecule has 0 rings (SSSR count). The van der Waals surface area contributed by atoms with E-state index >= 15 is 0 Å². The van der Waals surface area contributed by atoms with Gasteiger partial charge in [0.1, 0.15) is 6.29 Å². The molecule has 0 heterocycles. The van der Waals surface area contributed by atoms with Crippen molar-refractivity contribution in [3.05, 3.63) is 0 Å². The molecule has 0 aliphatic rings. The highest BCUT2D eigenvalue weighted by molar-refractivity contribution is 7.91. The summed E-state index contributed by atoms with van der Waals surface area (Å²) in [5.74, 6) is 0.113. The fourth-order valence-corrected chi connectivity index (χ4v) is 1.51. The van der Waals surface area contributed by atoms with Crippen molar-refractivity contribution in [2.75, 3.05) is 5.75 Å². The van der Waals surface area contributed by atoms with Crippen LogP contribution in [0.15, 0.2) is 0 Å². The Bertz CT molecular complexity index is 193. The van der Waals surface area contributed by atoms with E-state index in [1.165, 1.54) is 0 Å². The zero-order chi connectivity index (χ0) is 8.20. The van der Waals surface area contributed by atoms with Crippen molar-refractivity contribution >= 4 is 16.1 Å². The zero-order valence-corrected chi connectivity index (χ0v) is 7.02. The highest BCUT2D eigenvalue weighted by Gasteiger charge is 2.16. The van der Waals surface area contributed by atoms with E-state index < -0.39 is 15.1 Å². The highest BCUT2D eigenvalue weighted by atomic mass is 32.2. The van der Waals surface area contributed by atoms with Crippen LogP contribution in [-0.2, 0) is 14.6 Å². The SMILES string of the molecule is CCS(=O)(=O)C(C)CC=O. The summed E-state index contributed by atoms with van der Waals surface area (Å²) in [6, 6.07) is 0. The minimum atomic E-state index is -2.99. The van der Waals surface area contributed by atoms with Gasteiger partial charge in [-0.1, -0.05) is 6.92 Å². The number of carbonyl (C=O) groups is 1. The smallest absolute Gasteiger partial charge is 0.153 e. The molecule has 60 valence electrons. The van der Waals surface area contributed by atoms with E-state index in [0.29, 0.717) is 6.29 Å². The van der Waals surface area contributed by atoms with Gasteiger partial charge in [-0.25, -0.2) is 8.42 Å². The third-order valence-corrected chi connectivity index (χ3v) is 3.67. The van der Waals surface area contributed by atoms with Crippen molar-refractivity contribution in [1.82, 2.24) is 0 Å². The molecule has 0 fully saturated rings. The third-order valence-electron chi connectivity index (χ3n) is 1.44. The van der Waals surface area contributed by atoms with E-state index in [1.807, 2.05) is 0 Å². The standard InChI is InChI=1S/C6H12O3S/c1-3-10(8,9)6(2)4-5-7/h5-6H,3-4H2,1-2H3. The van der Waals surface area contributed by atoms with Gasteiger partial charge < -0.3 is 4.79 Å². The fraction of sp³-hybridized carbons (Fsp3) is 0.833. The molecule has 0 aliphatic heterocycles. The Morgan fingerprint density at radius 2 is 2.00 bits per heavy atom. The molecule has 0 bridgehead atoms. The number of carbonyl (C=O) groups excluding carboxylic acids is 1. The third kappa shape index (κ3) is 2.47. The maximum absolute atomic E-state index is 10.9. The maximum atomic E-state index is 10.9. The Morgan fingerprint density at radius 1 is 1.50 bits per heavy atom. The lowest BCUT2D eigenvalue weighted by Gasteiger charge is -2.05. The summed E-state index contributed by atoms with van der Waals surface area (Å²) in [6.45, 7) is 3.13. The molecule has 0 N–H and O–H groups in total. The Balaban J connectivity index is 4.19. The monoisotopic (exact) mass is 164 g/mol. The first kappa shape index (κ1) is 9.62. The summed E-state index contributed by atoms with van der Waals surface area (Å²) in [7, 11) is -2.99. The Labute approximate surface area is 61.4 Å². The van der Waals surface area contributed by atoms with Crippen molar-refractivity contribution < 1.29 is 13.2 Å². The predicted molar refractivity (Wildman–Crippen MR) is 39.6 cm³/mol. The number of hydrogen-bond acceptors (Lipinski definition) is 3. The molecule has 1 unspecified atom stereocenters. The molecular weight excluding hydrogens is 152 g/mol. The van der Waals surface area contributed by atoms with E-state index in [-0.39, 0.29) is 12.2 Å². The van der Waals surface area contributed by atoms with Crippen LogP contribution in [0.5, 0.6) is 0 Å². The average molecular weight is 164 g/mol. The van der Waals surface area contributed by atoms with Crippen molar-refractivity contribution in [1.29, 1.82) is 0 Å². The second-order valence-electron chi connectivity index (χ2n) is 2.16. The molecule has 0 aromatic rings. The molecule has 0 aromatic heterocycles. The van der Waals surface area contributed by atoms with Crippen LogP contribution < -0.4 is 0 Å². The lowest BCUT2D eigenvalue weighted by Crippen LogP contribution is -2.19. The first-order chi connectivity index (χ1) is 4.54. The molecule has 0 amide bonds. The van der Waals surface area contributed by atoms with Crippen LogP contribution in [0.2, 0.25) is 0 Å². The van der Waals surface area contributed by atoms with Crippen LogP contribution in [0.3, 0.4) is 0 Å². The van der Waals surface area contributed by atoms with E-state index in [0.717, 1.165) is 0 Å². The number of sulfone groups is 1. The average Bonchev–Trinajstić information content (AvgIpc) is 1.89. The first-order valence-corrected chi connectivity index (χ1v) is 4.91. The van der Waals surface area contributed by atoms with Gasteiger partial charge in [-0.05, 0) is 6.92 Å². The van der Waals surface area contributed by atoms with E-state index in [9.17, 15) is 13.2 Å². The van der Waals surface area contributed by atoms with Gasteiger partial charge in [0.2, 0.25) is 0 Å². The quantitative estimate of drug-likeness (QED) is 0.565. The highest BCUT2D eigenvalue weighted by Crippen LogP contribution is 2.03. The maximum Gasteiger partial charge on any atom is 0.153 e. The summed E-state index contributed by atoms with van der Waals surface area (Å²) in [6.07, 6.45) is 0.744. The second-order valence-corrected chi connectivity index (χ2v) is 4.87. The van der Waals surface area contributed by atoms with Crippen LogP contribution in [-0.4, -0.2) is 25.7 Å². The molecule has 10 heavy (non-hydrogen) atoms. The van der Waals surface area contributed by atoms with Crippen LogP contribution in [0.1, 0.15) is 20.3 Å². The van der Waals surface area contributed by atoms with Crippen molar-refractivity contribution in [3.63, 3.8) is 0 Å². The zero-order valence-electron chi connectivity index (χ0n) is 6.20. The number of rotatable bonds is 4. The molecule has 0 saturated heterocycles. The van der Waals surface area contributed by atoms with E-state index in [2.05, 4.69) is 0 Å². The van der Waals surface area contributed by atoms with Gasteiger partial charge in [0.05, 0.1) is 5.25 Å². The second kappa shape index (κ2) is 3.71.